The molecule has 0 amide bonds. The molecule has 2 aromatic heterocycles. The molecule has 3 nitrogen and oxygen atoms in total. The van der Waals surface area contributed by atoms with Gasteiger partial charge in [-0.2, -0.15) is 0 Å². The Hall–Kier alpha value is -0.750. The Bertz CT molecular complexity index is 500. The van der Waals surface area contributed by atoms with Crippen molar-refractivity contribution in [1.29, 1.82) is 0 Å². The number of pyridine rings is 1. The van der Waals surface area contributed by atoms with E-state index in [2.05, 4.69) is 50.9 Å². The summed E-state index contributed by atoms with van der Waals surface area (Å²) in [6, 6.07) is 10.5. The number of likely N-dealkylation sites (N-methyl/N-ethyl adjacent to an activating group) is 1. The molecular formula is C14H18BrN3S. The van der Waals surface area contributed by atoms with E-state index in [1.54, 1.807) is 11.3 Å². The number of nitrogens with zero attached hydrogens (tertiary/aromatic N) is 2. The topological polar surface area (TPSA) is 42.2 Å². The molecule has 0 spiro atoms. The van der Waals surface area contributed by atoms with Gasteiger partial charge in [0.15, 0.2) is 0 Å². The van der Waals surface area contributed by atoms with E-state index in [0.717, 1.165) is 22.6 Å². The lowest BCUT2D eigenvalue weighted by atomic mass is 10.2. The van der Waals surface area contributed by atoms with Crippen LogP contribution >= 0.6 is 27.3 Å². The van der Waals surface area contributed by atoms with Gasteiger partial charge in [-0.05, 0) is 46.7 Å². The number of hydrogen-bond donors (Lipinski definition) is 1. The van der Waals surface area contributed by atoms with Crippen LogP contribution in [0.4, 0.5) is 0 Å². The summed E-state index contributed by atoms with van der Waals surface area (Å²) in [5, 5.41) is 0. The number of nitrogens with two attached hydrogens (primary N) is 1. The van der Waals surface area contributed by atoms with E-state index in [4.69, 9.17) is 5.73 Å². The Morgan fingerprint density at radius 1 is 1.37 bits per heavy atom. The first-order valence-corrected chi connectivity index (χ1v) is 7.94. The van der Waals surface area contributed by atoms with Crippen LogP contribution in [0.5, 0.6) is 0 Å². The SMILES string of the molecule is CCN(Cc1ccccn1)C(CN)c1ccc(Br)s1. The van der Waals surface area contributed by atoms with Crippen LogP contribution in [0, 0.1) is 0 Å². The lowest BCUT2D eigenvalue weighted by molar-refractivity contribution is 0.204. The number of thiophene rings is 1. The Morgan fingerprint density at radius 2 is 2.21 bits per heavy atom. The molecule has 0 radical (unpaired) electrons. The van der Waals surface area contributed by atoms with Crippen LogP contribution in [0.2, 0.25) is 0 Å². The average Bonchev–Trinajstić information content (AvgIpc) is 2.86. The zero-order valence-electron chi connectivity index (χ0n) is 10.9. The minimum absolute atomic E-state index is 0.253. The summed E-state index contributed by atoms with van der Waals surface area (Å²) in [7, 11) is 0. The number of halogens is 1. The van der Waals surface area contributed by atoms with Crippen molar-refractivity contribution in [3.63, 3.8) is 0 Å². The number of aromatic nitrogens is 1. The maximum absolute atomic E-state index is 5.97. The molecule has 0 saturated heterocycles. The van der Waals surface area contributed by atoms with Gasteiger partial charge in [-0.1, -0.05) is 13.0 Å². The third-order valence-corrected chi connectivity index (χ3v) is 4.81. The highest BCUT2D eigenvalue weighted by Crippen LogP contribution is 2.30. The second kappa shape index (κ2) is 7.14. The monoisotopic (exact) mass is 339 g/mol. The van der Waals surface area contributed by atoms with Gasteiger partial charge in [0.1, 0.15) is 0 Å². The molecule has 5 heteroatoms. The molecule has 1 unspecified atom stereocenters. The molecule has 0 saturated carbocycles. The van der Waals surface area contributed by atoms with Crippen LogP contribution in [-0.4, -0.2) is 23.0 Å². The summed E-state index contributed by atoms with van der Waals surface area (Å²) < 4.78 is 1.15. The fraction of sp³-hybridized carbons (Fsp3) is 0.357. The van der Waals surface area contributed by atoms with Gasteiger partial charge in [-0.3, -0.25) is 9.88 Å². The van der Waals surface area contributed by atoms with Crippen LogP contribution in [-0.2, 0) is 6.54 Å². The molecule has 2 rings (SSSR count). The normalized spacial score (nSPS) is 12.8. The van der Waals surface area contributed by atoms with Gasteiger partial charge in [0.05, 0.1) is 15.5 Å². The molecule has 0 aliphatic rings. The maximum Gasteiger partial charge on any atom is 0.0702 e. The Morgan fingerprint density at radius 3 is 2.74 bits per heavy atom. The van der Waals surface area contributed by atoms with Gasteiger partial charge in [0.25, 0.3) is 0 Å². The third kappa shape index (κ3) is 3.86. The third-order valence-electron chi connectivity index (χ3n) is 3.08. The lowest BCUT2D eigenvalue weighted by Crippen LogP contribution is -2.33. The fourth-order valence-electron chi connectivity index (χ4n) is 2.09. The van der Waals surface area contributed by atoms with Crippen molar-refractivity contribution in [2.75, 3.05) is 13.1 Å². The standard InChI is InChI=1S/C14H18BrN3S/c1-2-18(10-11-5-3-4-8-17-11)12(9-16)13-6-7-14(15)19-13/h3-8,12H,2,9-10,16H2,1H3. The zero-order chi connectivity index (χ0) is 13.7. The first-order chi connectivity index (χ1) is 9.24. The first-order valence-electron chi connectivity index (χ1n) is 6.33. The van der Waals surface area contributed by atoms with Crippen LogP contribution in [0.15, 0.2) is 40.3 Å². The molecule has 1 atom stereocenters. The minimum atomic E-state index is 0.253. The second-order valence-electron chi connectivity index (χ2n) is 4.28. The van der Waals surface area contributed by atoms with Gasteiger partial charge in [0.2, 0.25) is 0 Å². The number of rotatable bonds is 6. The van der Waals surface area contributed by atoms with E-state index in [1.807, 2.05) is 18.3 Å². The van der Waals surface area contributed by atoms with E-state index < -0.39 is 0 Å². The van der Waals surface area contributed by atoms with E-state index in [0.29, 0.717) is 6.54 Å². The molecule has 2 N–H and O–H groups in total. The first kappa shape index (κ1) is 14.7. The summed E-state index contributed by atoms with van der Waals surface area (Å²) >= 11 is 5.26. The van der Waals surface area contributed by atoms with Crippen molar-refractivity contribution >= 4 is 27.3 Å². The molecule has 0 aliphatic heterocycles. The van der Waals surface area contributed by atoms with Gasteiger partial charge in [0, 0.05) is 24.2 Å². The molecule has 0 aliphatic carbocycles. The van der Waals surface area contributed by atoms with Crippen molar-refractivity contribution < 1.29 is 0 Å². The molecule has 102 valence electrons. The summed E-state index contributed by atoms with van der Waals surface area (Å²) in [6.45, 7) is 4.56. The highest BCUT2D eigenvalue weighted by Gasteiger charge is 2.19. The van der Waals surface area contributed by atoms with Crippen molar-refractivity contribution in [3.8, 4) is 0 Å². The summed E-state index contributed by atoms with van der Waals surface area (Å²) in [5.74, 6) is 0. The predicted octanol–water partition coefficient (Wildman–Crippen LogP) is 3.43. The maximum atomic E-state index is 5.97. The van der Waals surface area contributed by atoms with Gasteiger partial charge in [-0.25, -0.2) is 0 Å². The highest BCUT2D eigenvalue weighted by molar-refractivity contribution is 9.11. The zero-order valence-corrected chi connectivity index (χ0v) is 13.3. The van der Waals surface area contributed by atoms with Crippen molar-refractivity contribution in [1.82, 2.24) is 9.88 Å². The molecule has 2 heterocycles. The quantitative estimate of drug-likeness (QED) is 0.876. The van der Waals surface area contributed by atoms with E-state index in [9.17, 15) is 0 Å². The summed E-state index contributed by atoms with van der Waals surface area (Å²) in [6.07, 6.45) is 1.84. The molecule has 0 bridgehead atoms. The summed E-state index contributed by atoms with van der Waals surface area (Å²) in [4.78, 5) is 8.05. The van der Waals surface area contributed by atoms with Crippen LogP contribution in [0.3, 0.4) is 0 Å². The lowest BCUT2D eigenvalue weighted by Gasteiger charge is -2.28. The predicted molar refractivity (Wildman–Crippen MR) is 84.1 cm³/mol. The van der Waals surface area contributed by atoms with Crippen molar-refractivity contribution in [2.45, 2.75) is 19.5 Å². The highest BCUT2D eigenvalue weighted by atomic mass is 79.9. The molecule has 19 heavy (non-hydrogen) atoms. The average molecular weight is 340 g/mol. The van der Waals surface area contributed by atoms with Crippen molar-refractivity contribution in [3.05, 3.63) is 50.9 Å². The number of hydrogen-bond acceptors (Lipinski definition) is 4. The van der Waals surface area contributed by atoms with E-state index in [-0.39, 0.29) is 6.04 Å². The van der Waals surface area contributed by atoms with E-state index >= 15 is 0 Å². The smallest absolute Gasteiger partial charge is 0.0702 e. The van der Waals surface area contributed by atoms with Crippen molar-refractivity contribution in [2.24, 2.45) is 5.73 Å². The molecule has 2 aromatic rings. The minimum Gasteiger partial charge on any atom is -0.329 e. The van der Waals surface area contributed by atoms with Crippen LogP contribution in [0.25, 0.3) is 0 Å². The van der Waals surface area contributed by atoms with Crippen LogP contribution in [0.1, 0.15) is 23.5 Å². The van der Waals surface area contributed by atoms with Crippen LogP contribution < -0.4 is 5.73 Å². The Balaban J connectivity index is 2.15. The Labute approximate surface area is 126 Å². The second-order valence-corrected chi connectivity index (χ2v) is 6.77. The Kier molecular flexibility index (Phi) is 5.51. The van der Waals surface area contributed by atoms with Gasteiger partial charge < -0.3 is 5.73 Å². The van der Waals surface area contributed by atoms with E-state index in [1.165, 1.54) is 4.88 Å². The van der Waals surface area contributed by atoms with Gasteiger partial charge in [-0.15, -0.1) is 11.3 Å². The fourth-order valence-corrected chi connectivity index (χ4v) is 3.67. The molecular weight excluding hydrogens is 322 g/mol. The summed E-state index contributed by atoms with van der Waals surface area (Å²) in [5.41, 5.74) is 7.06. The largest absolute Gasteiger partial charge is 0.329 e. The van der Waals surface area contributed by atoms with Gasteiger partial charge >= 0.3 is 0 Å². The molecule has 0 aromatic carbocycles. The molecule has 0 fully saturated rings.